The van der Waals surface area contributed by atoms with Crippen LogP contribution in [-0.2, 0) is 23.9 Å². The third kappa shape index (κ3) is 137. The number of carboxylic acids is 1. The fourth-order valence-corrected chi connectivity index (χ4v) is 1.19. The topological polar surface area (TPSA) is 191 Å². The van der Waals surface area contributed by atoms with Crippen molar-refractivity contribution in [1.29, 1.82) is 0 Å². The molecule has 306 valence electrons. The van der Waals surface area contributed by atoms with Gasteiger partial charge in [-0.25, -0.2) is 0 Å². The first-order valence-corrected chi connectivity index (χ1v) is 13.9. The second-order valence-corrected chi connectivity index (χ2v) is 6.67. The predicted octanol–water partition coefficient (Wildman–Crippen LogP) is 4.19. The minimum atomic E-state index is -0.989. The van der Waals surface area contributed by atoms with Gasteiger partial charge in [0.1, 0.15) is 39.5 Å². The van der Waals surface area contributed by atoms with E-state index in [4.69, 9.17) is 37.1 Å². The van der Waals surface area contributed by atoms with E-state index in [-0.39, 0.29) is 109 Å². The van der Waals surface area contributed by atoms with E-state index < -0.39 is 5.97 Å². The van der Waals surface area contributed by atoms with Gasteiger partial charge in [0.15, 0.2) is 13.2 Å². The molecule has 0 spiro atoms. The van der Waals surface area contributed by atoms with Crippen molar-refractivity contribution in [3.8, 4) is 108 Å². The lowest BCUT2D eigenvalue weighted by atomic mass is 10.4. The van der Waals surface area contributed by atoms with Gasteiger partial charge in [0.25, 0.3) is 0 Å². The van der Waals surface area contributed by atoms with Crippen LogP contribution >= 0.6 is 0 Å². The molecule has 0 aromatic carbocycles. The number of rotatable bonds is 5. The summed E-state index contributed by atoms with van der Waals surface area (Å²) >= 11 is 0. The molecule has 54 heavy (non-hydrogen) atoms. The maximum Gasteiger partial charge on any atom is 0.315 e. The number of hydrogen-bond donors (Lipinski definition) is 6. The standard InChI is InChI=1S/C10H10O4.C9H10O3.C6H6O2.C5H8O.C4H6.C3H4O.6CH4/c1-2-10(13)14-8-6-4-3-5-7-9(11)12;1-2-9(11)12-8-6-4-3-5-7-10;7-5-3-1-2-4-6-8;1-2-3-4-5-6;1-3-4-2;1-2-3-4;;;;;;/h2,7-8H2,1H3,(H,11,12);10H,2,7-8H2,1H3;7-8H,5-6H2;6H,2,5H2,1H3;1H,4H2,2H3;1,4H,3H2;6*1H4. The summed E-state index contributed by atoms with van der Waals surface area (Å²) in [6.45, 7) is 6.62. The summed E-state index contributed by atoms with van der Waals surface area (Å²) in [5, 5.41) is 48.2. The molecule has 0 aliphatic rings. The van der Waals surface area contributed by atoms with Crippen LogP contribution in [0.15, 0.2) is 0 Å². The van der Waals surface area contributed by atoms with Gasteiger partial charge in [-0.3, -0.25) is 14.4 Å². The maximum atomic E-state index is 10.6. The Balaban J connectivity index is -0.0000000405. The number of carboxylic acid groups (broad SMARTS) is 1. The highest BCUT2D eigenvalue weighted by Gasteiger charge is 1.93. The lowest BCUT2D eigenvalue weighted by Crippen LogP contribution is -2.01. The number of aliphatic hydroxyl groups excluding tert-OH is 5. The molecule has 0 aromatic heterocycles. The molecule has 0 saturated heterocycles. The van der Waals surface area contributed by atoms with E-state index in [1.807, 2.05) is 19.8 Å². The van der Waals surface area contributed by atoms with Crippen LogP contribution in [0.25, 0.3) is 0 Å². The fourth-order valence-electron chi connectivity index (χ4n) is 1.19. The van der Waals surface area contributed by atoms with Crippen LogP contribution in [0.5, 0.6) is 0 Å². The van der Waals surface area contributed by atoms with Gasteiger partial charge in [0.05, 0.1) is 0 Å². The van der Waals surface area contributed by atoms with Gasteiger partial charge < -0.3 is 40.1 Å². The Morgan fingerprint density at radius 1 is 0.463 bits per heavy atom. The zero-order valence-electron chi connectivity index (χ0n) is 27.9. The number of aliphatic hydroxyl groups is 5. The zero-order valence-corrected chi connectivity index (χ0v) is 27.9. The van der Waals surface area contributed by atoms with Crippen molar-refractivity contribution in [2.24, 2.45) is 0 Å². The second kappa shape index (κ2) is 91.4. The Morgan fingerprint density at radius 2 is 0.759 bits per heavy atom. The highest BCUT2D eigenvalue weighted by atomic mass is 16.5. The van der Waals surface area contributed by atoms with Gasteiger partial charge in [0.2, 0.25) is 0 Å². The number of aliphatic carboxylic acids is 1. The van der Waals surface area contributed by atoms with Gasteiger partial charge in [-0.1, -0.05) is 108 Å². The minimum Gasteiger partial charge on any atom is -0.481 e. The molecule has 0 unspecified atom stereocenters. The van der Waals surface area contributed by atoms with Gasteiger partial charge >= 0.3 is 17.9 Å². The maximum absolute atomic E-state index is 10.6. The molecule has 0 aromatic rings. The summed E-state index contributed by atoms with van der Waals surface area (Å²) < 4.78 is 9.25. The first-order chi connectivity index (χ1) is 23.1. The molecule has 6 N–H and O–H groups in total. The van der Waals surface area contributed by atoms with Crippen molar-refractivity contribution in [3.05, 3.63) is 0 Å². The van der Waals surface area contributed by atoms with Crippen LogP contribution in [0.3, 0.4) is 0 Å². The summed E-state index contributed by atoms with van der Waals surface area (Å²) in [6, 6.07) is 0. The van der Waals surface area contributed by atoms with E-state index in [0.29, 0.717) is 12.8 Å². The number of terminal acetylenes is 2. The molecule has 0 heterocycles. The molecule has 0 aliphatic carbocycles. The number of ether oxygens (including phenoxy) is 2. The van der Waals surface area contributed by atoms with Crippen LogP contribution in [0.2, 0.25) is 0 Å². The van der Waals surface area contributed by atoms with E-state index in [2.05, 4.69) is 105 Å². The Bertz CT molecular complexity index is 1310. The summed E-state index contributed by atoms with van der Waals surface area (Å²) in [6.07, 6.45) is 11.4. The monoisotopic (exact) mass is 760 g/mol. The number of hydrogen-bond acceptors (Lipinski definition) is 10. The molecule has 0 rings (SSSR count). The largest absolute Gasteiger partial charge is 0.481 e. The number of carbonyl (C=O) groups excluding carboxylic acids is 2. The highest BCUT2D eigenvalue weighted by Crippen LogP contribution is 1.82. The Morgan fingerprint density at radius 3 is 0.963 bits per heavy atom. The second-order valence-electron chi connectivity index (χ2n) is 6.67. The van der Waals surface area contributed by atoms with Crippen LogP contribution in [0.4, 0.5) is 0 Å². The quantitative estimate of drug-likeness (QED) is 0.174. The molecular formula is C43H68O11. The zero-order chi connectivity index (χ0) is 37.9. The normalized spacial score (nSPS) is 5.83. The van der Waals surface area contributed by atoms with Gasteiger partial charge in [0, 0.05) is 25.7 Å². The third-order valence-corrected chi connectivity index (χ3v) is 3.06. The van der Waals surface area contributed by atoms with E-state index in [9.17, 15) is 14.4 Å². The highest BCUT2D eigenvalue weighted by molar-refractivity contribution is 5.70. The molecular weight excluding hydrogens is 692 g/mol. The summed E-state index contributed by atoms with van der Waals surface area (Å²) in [5.74, 6) is 36.4. The summed E-state index contributed by atoms with van der Waals surface area (Å²) in [4.78, 5) is 31.1. The molecule has 0 amide bonds. The minimum absolute atomic E-state index is 0. The molecule has 0 saturated carbocycles. The summed E-state index contributed by atoms with van der Waals surface area (Å²) in [5.41, 5.74) is 0. The average molecular weight is 761 g/mol. The SMILES string of the molecule is C.C.C.C.C.C.C#CCC.C#CCO.CCC#CCO.CCC(=O)OCC#CC#CCC(=O)O.CCC(=O)OCC#CC#CCO.OCC#CC#CCO. The first-order valence-electron chi connectivity index (χ1n) is 13.9. The van der Waals surface area contributed by atoms with Gasteiger partial charge in [-0.15, -0.1) is 24.7 Å². The lowest BCUT2D eigenvalue weighted by Gasteiger charge is -1.93. The molecule has 0 aliphatic heterocycles. The average Bonchev–Trinajstić information content (AvgIpc) is 3.10. The van der Waals surface area contributed by atoms with Crippen molar-refractivity contribution in [3.63, 3.8) is 0 Å². The van der Waals surface area contributed by atoms with Crippen molar-refractivity contribution in [1.82, 2.24) is 0 Å². The first kappa shape index (κ1) is 82.0. The van der Waals surface area contributed by atoms with Gasteiger partial charge in [-0.2, -0.15) is 0 Å². The Labute approximate surface area is 330 Å². The van der Waals surface area contributed by atoms with Crippen molar-refractivity contribution >= 4 is 17.9 Å². The molecule has 0 fully saturated rings. The van der Waals surface area contributed by atoms with Crippen LogP contribution in [0, 0.1) is 108 Å². The van der Waals surface area contributed by atoms with Crippen molar-refractivity contribution in [2.75, 3.05) is 46.2 Å². The van der Waals surface area contributed by atoms with Crippen molar-refractivity contribution < 1.29 is 54.5 Å². The number of esters is 2. The predicted molar refractivity (Wildman–Crippen MR) is 223 cm³/mol. The molecule has 0 bridgehead atoms. The smallest absolute Gasteiger partial charge is 0.315 e. The fraction of sp³-hybridized carbons (Fsp3) is 0.512. The van der Waals surface area contributed by atoms with Gasteiger partial charge in [-0.05, 0) is 47.4 Å². The molecule has 0 atom stereocenters. The van der Waals surface area contributed by atoms with Crippen molar-refractivity contribution in [2.45, 2.75) is 104 Å². The Kier molecular flexibility index (Phi) is 139. The van der Waals surface area contributed by atoms with E-state index in [1.165, 1.54) is 0 Å². The van der Waals surface area contributed by atoms with E-state index >= 15 is 0 Å². The molecule has 11 nitrogen and oxygen atoms in total. The Hall–Kier alpha value is -5.75. The third-order valence-electron chi connectivity index (χ3n) is 3.06. The lowest BCUT2D eigenvalue weighted by molar-refractivity contribution is -0.142. The number of carbonyl (C=O) groups is 3. The van der Waals surface area contributed by atoms with Crippen LogP contribution in [-0.4, -0.2) is 94.8 Å². The van der Waals surface area contributed by atoms with Crippen LogP contribution < -0.4 is 0 Å². The molecule has 0 radical (unpaired) electrons. The molecule has 11 heteroatoms. The van der Waals surface area contributed by atoms with E-state index in [0.717, 1.165) is 12.8 Å². The van der Waals surface area contributed by atoms with E-state index in [1.54, 1.807) is 13.8 Å². The van der Waals surface area contributed by atoms with Crippen LogP contribution in [0.1, 0.15) is 104 Å². The summed E-state index contributed by atoms with van der Waals surface area (Å²) in [7, 11) is 0.